The summed E-state index contributed by atoms with van der Waals surface area (Å²) in [4.78, 5) is 29.8. The second kappa shape index (κ2) is 12.6. The number of hydrogen-bond donors (Lipinski definition) is 2. The molecule has 0 spiro atoms. The Morgan fingerprint density at radius 3 is 2.32 bits per heavy atom. The van der Waals surface area contributed by atoms with E-state index < -0.39 is 0 Å². The first-order valence-electron chi connectivity index (χ1n) is 11.8. The third-order valence-electron chi connectivity index (χ3n) is 5.59. The van der Waals surface area contributed by atoms with Gasteiger partial charge in [0.05, 0.1) is 33.8 Å². The molecule has 1 aliphatic heterocycles. The highest BCUT2D eigenvalue weighted by Gasteiger charge is 2.18. The number of carbonyl (C=O) groups excluding carboxylic acids is 2. The van der Waals surface area contributed by atoms with Gasteiger partial charge >= 0.3 is 0 Å². The highest BCUT2D eigenvalue weighted by molar-refractivity contribution is 6.08. The van der Waals surface area contributed by atoms with Crippen LogP contribution in [0.15, 0.2) is 65.1 Å². The van der Waals surface area contributed by atoms with Crippen LogP contribution in [-0.4, -0.2) is 51.6 Å². The highest BCUT2D eigenvalue weighted by atomic mass is 16.5. The van der Waals surface area contributed by atoms with Crippen molar-refractivity contribution in [2.45, 2.75) is 33.2 Å². The highest BCUT2D eigenvalue weighted by Crippen LogP contribution is 2.26. The molecular formula is C28H33N3O6. The topological polar surface area (TPSA) is 107 Å². The summed E-state index contributed by atoms with van der Waals surface area (Å²) in [5, 5.41) is 5.70. The molecule has 2 aromatic carbocycles. The Hall–Kier alpha value is -4.27. The molecule has 0 fully saturated rings. The lowest BCUT2D eigenvalue weighted by Gasteiger charge is -2.18. The molecule has 1 heterocycles. The molecule has 0 saturated heterocycles. The van der Waals surface area contributed by atoms with Gasteiger partial charge in [-0.25, -0.2) is 0 Å². The van der Waals surface area contributed by atoms with Crippen LogP contribution in [0.3, 0.4) is 0 Å². The summed E-state index contributed by atoms with van der Waals surface area (Å²) in [6.45, 7) is 5.51. The number of rotatable bonds is 8. The van der Waals surface area contributed by atoms with E-state index in [4.69, 9.17) is 23.9 Å². The van der Waals surface area contributed by atoms with Gasteiger partial charge in [0.1, 0.15) is 28.9 Å². The van der Waals surface area contributed by atoms with Crippen LogP contribution < -0.4 is 20.1 Å². The third-order valence-corrected chi connectivity index (χ3v) is 5.59. The van der Waals surface area contributed by atoms with E-state index in [1.165, 1.54) is 7.11 Å². The van der Waals surface area contributed by atoms with Crippen LogP contribution in [0, 0.1) is 13.8 Å². The van der Waals surface area contributed by atoms with Crippen molar-refractivity contribution < 1.29 is 28.5 Å². The predicted octanol–water partition coefficient (Wildman–Crippen LogP) is 4.05. The van der Waals surface area contributed by atoms with E-state index in [-0.39, 0.29) is 30.9 Å². The van der Waals surface area contributed by atoms with Gasteiger partial charge in [-0.1, -0.05) is 0 Å². The number of aryl methyl sites for hydroxylation is 2. The first kappa shape index (κ1) is 27.3. The van der Waals surface area contributed by atoms with Crippen molar-refractivity contribution in [1.82, 2.24) is 5.32 Å². The first-order valence-corrected chi connectivity index (χ1v) is 11.8. The molecule has 37 heavy (non-hydrogen) atoms. The second-order valence-electron chi connectivity index (χ2n) is 8.54. The second-order valence-corrected chi connectivity index (χ2v) is 8.54. The van der Waals surface area contributed by atoms with Gasteiger partial charge in [-0.05, 0) is 74.4 Å². The summed E-state index contributed by atoms with van der Waals surface area (Å²) < 4.78 is 21.7. The molecule has 1 unspecified atom stereocenters. The van der Waals surface area contributed by atoms with Gasteiger partial charge in [0.2, 0.25) is 5.91 Å². The SMILES string of the molecule is COC1=C/C(C)N=C(c2cc(C)c(OCC(=O)Nc3ccc(OC)cc3)c(C)c2)NC(=O)C/C(OC)=C\1. The summed E-state index contributed by atoms with van der Waals surface area (Å²) in [5.41, 5.74) is 2.98. The van der Waals surface area contributed by atoms with Crippen LogP contribution >= 0.6 is 0 Å². The molecule has 0 bridgehead atoms. The quantitative estimate of drug-likeness (QED) is 0.558. The van der Waals surface area contributed by atoms with Crippen molar-refractivity contribution in [3.8, 4) is 11.5 Å². The number of amides is 2. The number of ether oxygens (including phenoxy) is 4. The number of aliphatic imine (C=N–C) groups is 1. The lowest BCUT2D eigenvalue weighted by molar-refractivity contribution is -0.120. The van der Waals surface area contributed by atoms with Gasteiger partial charge in [-0.15, -0.1) is 0 Å². The van der Waals surface area contributed by atoms with Crippen molar-refractivity contribution in [3.05, 3.63) is 76.8 Å². The van der Waals surface area contributed by atoms with Crippen molar-refractivity contribution in [2.24, 2.45) is 4.99 Å². The number of nitrogens with one attached hydrogen (secondary N) is 2. The average molecular weight is 508 g/mol. The van der Waals surface area contributed by atoms with Crippen LogP contribution in [0.2, 0.25) is 0 Å². The lowest BCUT2D eigenvalue weighted by Crippen LogP contribution is -2.33. The Morgan fingerprint density at radius 1 is 1.05 bits per heavy atom. The molecule has 2 N–H and O–H groups in total. The third kappa shape index (κ3) is 7.60. The summed E-state index contributed by atoms with van der Waals surface area (Å²) in [6.07, 6.45) is 3.56. The molecule has 9 nitrogen and oxygen atoms in total. The van der Waals surface area contributed by atoms with Crippen LogP contribution in [0.4, 0.5) is 5.69 Å². The number of hydrogen-bond acceptors (Lipinski definition) is 7. The number of carbonyl (C=O) groups is 2. The summed E-state index contributed by atoms with van der Waals surface area (Å²) in [7, 11) is 4.65. The maximum absolute atomic E-state index is 12.7. The molecule has 3 rings (SSSR count). The Balaban J connectivity index is 1.78. The molecule has 0 aliphatic carbocycles. The molecule has 1 aliphatic rings. The zero-order valence-electron chi connectivity index (χ0n) is 22.0. The van der Waals surface area contributed by atoms with E-state index in [1.807, 2.05) is 39.0 Å². The maximum atomic E-state index is 12.7. The number of anilines is 1. The minimum atomic E-state index is -0.284. The standard InChI is InChI=1S/C28H33N3O6/c1-17-11-20(28-29-19(3)13-23(35-5)14-24(36-6)15-25(32)31-28)12-18(2)27(17)37-16-26(33)30-21-7-9-22(34-4)10-8-21/h7-14,19H,15-16H2,1-6H3,(H,30,33)(H,29,31,32)/b23-13+,24-14+. The number of allylic oxidation sites excluding steroid dienone is 1. The molecule has 2 aromatic rings. The molecular weight excluding hydrogens is 474 g/mol. The fourth-order valence-electron chi connectivity index (χ4n) is 3.83. The zero-order valence-corrected chi connectivity index (χ0v) is 22.0. The molecule has 0 saturated carbocycles. The largest absolute Gasteiger partial charge is 0.500 e. The maximum Gasteiger partial charge on any atom is 0.262 e. The predicted molar refractivity (Wildman–Crippen MR) is 142 cm³/mol. The Labute approximate surface area is 217 Å². The van der Waals surface area contributed by atoms with E-state index in [0.29, 0.717) is 34.5 Å². The summed E-state index contributed by atoms with van der Waals surface area (Å²) in [5.74, 6) is 2.22. The van der Waals surface area contributed by atoms with E-state index >= 15 is 0 Å². The van der Waals surface area contributed by atoms with Crippen molar-refractivity contribution in [3.63, 3.8) is 0 Å². The number of benzene rings is 2. The molecule has 9 heteroatoms. The van der Waals surface area contributed by atoms with Crippen molar-refractivity contribution in [1.29, 1.82) is 0 Å². The van der Waals surface area contributed by atoms with Gasteiger partial charge in [0.25, 0.3) is 5.91 Å². The molecule has 2 amide bonds. The smallest absolute Gasteiger partial charge is 0.262 e. The van der Waals surface area contributed by atoms with Crippen LogP contribution in [0.5, 0.6) is 11.5 Å². The fourth-order valence-corrected chi connectivity index (χ4v) is 3.83. The summed E-state index contributed by atoms with van der Waals surface area (Å²) in [6, 6.07) is 10.5. The Kier molecular flexibility index (Phi) is 9.32. The summed E-state index contributed by atoms with van der Waals surface area (Å²) >= 11 is 0. The minimum Gasteiger partial charge on any atom is -0.500 e. The van der Waals surface area contributed by atoms with E-state index in [0.717, 1.165) is 16.7 Å². The zero-order chi connectivity index (χ0) is 26.9. The Morgan fingerprint density at radius 2 is 1.73 bits per heavy atom. The van der Waals surface area contributed by atoms with E-state index in [1.54, 1.807) is 44.6 Å². The number of amidine groups is 1. The van der Waals surface area contributed by atoms with Gasteiger partial charge in [-0.2, -0.15) is 0 Å². The molecule has 0 aromatic heterocycles. The van der Waals surface area contributed by atoms with Crippen molar-refractivity contribution >= 4 is 23.3 Å². The normalized spacial score (nSPS) is 18.7. The average Bonchev–Trinajstić information content (AvgIpc) is 2.86. The number of methoxy groups -OCH3 is 3. The van der Waals surface area contributed by atoms with Crippen molar-refractivity contribution in [2.75, 3.05) is 33.3 Å². The van der Waals surface area contributed by atoms with Gasteiger partial charge in [-0.3, -0.25) is 14.6 Å². The van der Waals surface area contributed by atoms with E-state index in [2.05, 4.69) is 10.6 Å². The van der Waals surface area contributed by atoms with Gasteiger partial charge < -0.3 is 29.6 Å². The monoisotopic (exact) mass is 507 g/mol. The van der Waals surface area contributed by atoms with E-state index in [9.17, 15) is 9.59 Å². The molecule has 0 radical (unpaired) electrons. The first-order chi connectivity index (χ1) is 17.7. The Bertz CT molecular complexity index is 1210. The van der Waals surface area contributed by atoms with Crippen LogP contribution in [0.1, 0.15) is 30.0 Å². The van der Waals surface area contributed by atoms with Crippen LogP contribution in [0.25, 0.3) is 0 Å². The molecule has 196 valence electrons. The fraction of sp³-hybridized carbons (Fsp3) is 0.321. The van der Waals surface area contributed by atoms with Crippen LogP contribution in [-0.2, 0) is 19.1 Å². The minimum absolute atomic E-state index is 0.0348. The van der Waals surface area contributed by atoms with Gasteiger partial charge in [0.15, 0.2) is 6.61 Å². The number of nitrogens with zero attached hydrogens (tertiary/aromatic N) is 1. The lowest BCUT2D eigenvalue weighted by atomic mass is 10.0. The van der Waals surface area contributed by atoms with Gasteiger partial charge in [0, 0.05) is 17.3 Å². The molecule has 1 atom stereocenters.